The van der Waals surface area contributed by atoms with Crippen molar-refractivity contribution in [2.24, 2.45) is 4.99 Å². The molecule has 0 saturated heterocycles. The summed E-state index contributed by atoms with van der Waals surface area (Å²) in [5.74, 6) is 0.0410. The van der Waals surface area contributed by atoms with E-state index in [9.17, 15) is 9.59 Å². The molecule has 0 saturated carbocycles. The first-order valence-corrected chi connectivity index (χ1v) is 14.1. The molecule has 2 heterocycles. The predicted molar refractivity (Wildman–Crippen MR) is 158 cm³/mol. The molecule has 1 aliphatic heterocycles. The maximum absolute atomic E-state index is 13.9. The van der Waals surface area contributed by atoms with E-state index in [1.54, 1.807) is 61.7 Å². The van der Waals surface area contributed by atoms with Crippen LogP contribution in [0.15, 0.2) is 93.9 Å². The molecule has 3 aromatic carbocycles. The van der Waals surface area contributed by atoms with Gasteiger partial charge in [-0.2, -0.15) is 5.26 Å². The molecule has 1 atom stereocenters. The van der Waals surface area contributed by atoms with Gasteiger partial charge in [-0.25, -0.2) is 9.79 Å². The highest BCUT2D eigenvalue weighted by atomic mass is 35.5. The Balaban J connectivity index is 1.58. The lowest BCUT2D eigenvalue weighted by Crippen LogP contribution is -2.40. The molecule has 0 fully saturated rings. The number of nitriles is 1. The van der Waals surface area contributed by atoms with Gasteiger partial charge in [0.1, 0.15) is 12.4 Å². The Labute approximate surface area is 245 Å². The summed E-state index contributed by atoms with van der Waals surface area (Å²) in [6.45, 7) is 5.60. The Morgan fingerprint density at radius 3 is 2.56 bits per heavy atom. The molecular formula is C32H26ClN3O4S. The predicted octanol–water partition coefficient (Wildman–Crippen LogP) is 5.29. The van der Waals surface area contributed by atoms with Crippen LogP contribution in [0.4, 0.5) is 0 Å². The third kappa shape index (κ3) is 6.02. The van der Waals surface area contributed by atoms with E-state index in [0.717, 1.165) is 11.1 Å². The van der Waals surface area contributed by atoms with Gasteiger partial charge in [0.15, 0.2) is 4.80 Å². The average Bonchev–Trinajstić information content (AvgIpc) is 3.26. The fourth-order valence-electron chi connectivity index (χ4n) is 4.55. The number of fused-ring (bicyclic) bond motifs is 1. The molecule has 5 rings (SSSR count). The zero-order valence-electron chi connectivity index (χ0n) is 22.6. The molecule has 1 unspecified atom stereocenters. The van der Waals surface area contributed by atoms with E-state index in [1.807, 2.05) is 42.5 Å². The summed E-state index contributed by atoms with van der Waals surface area (Å²) in [6, 6.07) is 23.2. The monoisotopic (exact) mass is 583 g/mol. The minimum atomic E-state index is -0.688. The van der Waals surface area contributed by atoms with Crippen molar-refractivity contribution in [2.75, 3.05) is 0 Å². The number of halogens is 1. The molecule has 0 amide bonds. The highest BCUT2D eigenvalue weighted by Crippen LogP contribution is 2.31. The molecule has 0 bridgehead atoms. The number of benzene rings is 3. The second-order valence-corrected chi connectivity index (χ2v) is 11.2. The topological polar surface area (TPSA) is 93.7 Å². The molecule has 0 aliphatic carbocycles. The van der Waals surface area contributed by atoms with Gasteiger partial charge in [0, 0.05) is 10.6 Å². The van der Waals surface area contributed by atoms with Gasteiger partial charge in [-0.1, -0.05) is 65.4 Å². The zero-order chi connectivity index (χ0) is 29.1. The summed E-state index contributed by atoms with van der Waals surface area (Å²) in [6.07, 6.45) is 1.41. The van der Waals surface area contributed by atoms with E-state index in [-0.39, 0.29) is 18.3 Å². The molecule has 9 heteroatoms. The number of thiazole rings is 1. The number of hydrogen-bond acceptors (Lipinski definition) is 7. The van der Waals surface area contributed by atoms with Crippen LogP contribution in [0, 0.1) is 11.3 Å². The Hall–Kier alpha value is -4.45. The minimum absolute atomic E-state index is 0.268. The minimum Gasteiger partial charge on any atom is -0.488 e. The summed E-state index contributed by atoms with van der Waals surface area (Å²) in [7, 11) is 0. The number of nitrogens with zero attached hydrogens (tertiary/aromatic N) is 3. The lowest BCUT2D eigenvalue weighted by atomic mass is 9.96. The molecule has 0 radical (unpaired) electrons. The van der Waals surface area contributed by atoms with E-state index < -0.39 is 12.0 Å². The van der Waals surface area contributed by atoms with Crippen LogP contribution < -0.4 is 19.6 Å². The number of esters is 1. The lowest BCUT2D eigenvalue weighted by Gasteiger charge is -2.25. The Kier molecular flexibility index (Phi) is 8.20. The lowest BCUT2D eigenvalue weighted by molar-refractivity contribution is -0.143. The van der Waals surface area contributed by atoms with Gasteiger partial charge in [0.2, 0.25) is 0 Å². The second-order valence-electron chi connectivity index (χ2n) is 9.73. The van der Waals surface area contributed by atoms with Crippen LogP contribution >= 0.6 is 22.9 Å². The van der Waals surface area contributed by atoms with Gasteiger partial charge >= 0.3 is 5.97 Å². The van der Waals surface area contributed by atoms with E-state index >= 15 is 0 Å². The molecule has 4 aromatic rings. The van der Waals surface area contributed by atoms with Crippen LogP contribution in [0.3, 0.4) is 0 Å². The van der Waals surface area contributed by atoms with Gasteiger partial charge in [-0.3, -0.25) is 9.36 Å². The van der Waals surface area contributed by atoms with Gasteiger partial charge in [-0.05, 0) is 68.3 Å². The normalized spacial score (nSPS) is 14.8. The number of ether oxygens (including phenoxy) is 2. The molecule has 206 valence electrons. The van der Waals surface area contributed by atoms with Gasteiger partial charge in [0.25, 0.3) is 5.56 Å². The van der Waals surface area contributed by atoms with E-state index in [2.05, 4.69) is 11.1 Å². The molecule has 1 aromatic heterocycles. The summed E-state index contributed by atoms with van der Waals surface area (Å²) in [5.41, 5.74) is 3.42. The number of hydrogen-bond donors (Lipinski definition) is 0. The largest absolute Gasteiger partial charge is 0.488 e. The summed E-state index contributed by atoms with van der Waals surface area (Å²) in [5, 5.41) is 9.53. The fraction of sp³-hybridized carbons (Fsp3) is 0.188. The van der Waals surface area contributed by atoms with Gasteiger partial charge in [-0.15, -0.1) is 0 Å². The van der Waals surface area contributed by atoms with E-state index in [4.69, 9.17) is 26.3 Å². The van der Waals surface area contributed by atoms with Crippen LogP contribution in [-0.2, 0) is 16.1 Å². The standard InChI is InChI=1S/C32H26ClN3O4S/c1-19(2)40-31(38)28-20(3)35-32-36(29(28)23-7-5-4-6-8-23)30(37)27(41-32)16-24-15-25(33)13-14-26(24)39-18-22-11-9-21(17-34)10-12-22/h4-16,19,29H,18H2,1-3H3. The summed E-state index contributed by atoms with van der Waals surface area (Å²) < 4.78 is 13.6. The SMILES string of the molecule is CC1=C(C(=O)OC(C)C)C(c2ccccc2)n2c(sc(=Cc3cc(Cl)ccc3OCc3ccc(C#N)cc3)c2=O)=N1. The highest BCUT2D eigenvalue weighted by Gasteiger charge is 2.33. The molecule has 7 nitrogen and oxygen atoms in total. The quantitative estimate of drug-likeness (QED) is 0.276. The number of allylic oxidation sites excluding steroid dienone is 1. The number of aromatic nitrogens is 1. The van der Waals surface area contributed by atoms with E-state index in [1.165, 1.54) is 11.3 Å². The van der Waals surface area contributed by atoms with Crippen molar-refractivity contribution in [1.29, 1.82) is 5.26 Å². The first-order chi connectivity index (χ1) is 19.7. The Morgan fingerprint density at radius 1 is 1.15 bits per heavy atom. The van der Waals surface area contributed by atoms with Crippen LogP contribution in [0.25, 0.3) is 6.08 Å². The summed E-state index contributed by atoms with van der Waals surface area (Å²) >= 11 is 7.56. The van der Waals surface area contributed by atoms with Crippen LogP contribution in [-0.4, -0.2) is 16.6 Å². The number of carbonyl (C=O) groups excluding carboxylic acids is 1. The van der Waals surface area contributed by atoms with Gasteiger partial charge in [0.05, 0.1) is 39.6 Å². The van der Waals surface area contributed by atoms with E-state index in [0.29, 0.717) is 42.5 Å². The third-order valence-electron chi connectivity index (χ3n) is 6.44. The molecule has 0 N–H and O–H groups in total. The number of rotatable bonds is 7. The fourth-order valence-corrected chi connectivity index (χ4v) is 5.77. The maximum atomic E-state index is 13.9. The van der Waals surface area contributed by atoms with Crippen LogP contribution in [0.1, 0.15) is 49.1 Å². The molecule has 41 heavy (non-hydrogen) atoms. The first kappa shape index (κ1) is 28.1. The first-order valence-electron chi connectivity index (χ1n) is 12.9. The Morgan fingerprint density at radius 2 is 1.88 bits per heavy atom. The Bertz CT molecular complexity index is 1870. The molecule has 0 spiro atoms. The number of carbonyl (C=O) groups is 1. The van der Waals surface area contributed by atoms with Crippen molar-refractivity contribution in [3.8, 4) is 11.8 Å². The van der Waals surface area contributed by atoms with Crippen molar-refractivity contribution in [1.82, 2.24) is 4.57 Å². The molecular weight excluding hydrogens is 558 g/mol. The van der Waals surface area contributed by atoms with Gasteiger partial charge < -0.3 is 9.47 Å². The summed E-state index contributed by atoms with van der Waals surface area (Å²) in [4.78, 5) is 32.3. The smallest absolute Gasteiger partial charge is 0.338 e. The second kappa shape index (κ2) is 12.0. The zero-order valence-corrected chi connectivity index (χ0v) is 24.2. The maximum Gasteiger partial charge on any atom is 0.338 e. The van der Waals surface area contributed by atoms with Crippen molar-refractivity contribution in [2.45, 2.75) is 39.5 Å². The van der Waals surface area contributed by atoms with Crippen molar-refractivity contribution < 1.29 is 14.3 Å². The average molecular weight is 584 g/mol. The van der Waals surface area contributed by atoms with Crippen molar-refractivity contribution >= 4 is 35.0 Å². The van der Waals surface area contributed by atoms with Crippen molar-refractivity contribution in [3.63, 3.8) is 0 Å². The van der Waals surface area contributed by atoms with Crippen LogP contribution in [0.5, 0.6) is 5.75 Å². The highest BCUT2D eigenvalue weighted by molar-refractivity contribution is 7.07. The van der Waals surface area contributed by atoms with Crippen LogP contribution in [0.2, 0.25) is 5.02 Å². The van der Waals surface area contributed by atoms with Crippen molar-refractivity contribution in [3.05, 3.63) is 131 Å². The third-order valence-corrected chi connectivity index (χ3v) is 7.65. The molecule has 1 aliphatic rings.